The fourth-order valence-electron chi connectivity index (χ4n) is 6.20. The lowest BCUT2D eigenvalue weighted by Crippen LogP contribution is -1.96. The second-order valence-corrected chi connectivity index (χ2v) is 18.8. The molecule has 12 rings (SSSR count). The second kappa shape index (κ2) is 28.2. The van der Waals surface area contributed by atoms with E-state index in [1.807, 2.05) is 0 Å². The van der Waals surface area contributed by atoms with Gasteiger partial charge in [-0.1, -0.05) is 142 Å². The van der Waals surface area contributed by atoms with E-state index in [2.05, 4.69) is 90.7 Å². The molecule has 0 radical (unpaired) electrons. The van der Waals surface area contributed by atoms with E-state index in [-0.39, 0.29) is 0 Å². The lowest BCUT2D eigenvalue weighted by atomic mass is 10.0. The molecule has 6 heterocycles. The first-order valence-corrected chi connectivity index (χ1v) is 24.0. The third kappa shape index (κ3) is 17.1. The van der Waals surface area contributed by atoms with Crippen molar-refractivity contribution in [3.8, 4) is 0 Å². The molecule has 18 heteroatoms. The highest BCUT2D eigenvalue weighted by atomic mass is 16.6. The molecule has 0 amide bonds. The number of hydrogen-bond acceptors (Lipinski definition) is 18. The van der Waals surface area contributed by atoms with Gasteiger partial charge in [0.1, 0.15) is 0 Å². The minimum Gasteiger partial charge on any atom is -0.386 e. The van der Waals surface area contributed by atoms with Crippen molar-refractivity contribution in [2.24, 2.45) is 11.3 Å². The van der Waals surface area contributed by atoms with Gasteiger partial charge in [0, 0.05) is 0 Å². The minimum atomic E-state index is -0.550. The number of fused-ring (bicyclic) bond motifs is 6. The molecule has 6 aromatic rings. The van der Waals surface area contributed by atoms with Crippen LogP contribution in [-0.4, -0.2) is 71.6 Å². The maximum absolute atomic E-state index is 10.8. The van der Waals surface area contributed by atoms with E-state index >= 15 is 0 Å². The largest absolute Gasteiger partial charge is 0.386 e. The number of carbonyl (C=O) groups excluding carboxylic acids is 12. The molecule has 0 aromatic heterocycles. The van der Waals surface area contributed by atoms with Crippen LogP contribution in [0.2, 0.25) is 0 Å². The number of ether oxygens (including phenoxy) is 6. The number of rotatable bonds is 0. The maximum atomic E-state index is 10.8. The van der Waals surface area contributed by atoms with E-state index < -0.39 is 71.6 Å². The molecule has 6 aliphatic rings. The zero-order valence-electron chi connectivity index (χ0n) is 44.0. The normalized spacial score (nSPS) is 13.8. The third-order valence-electron chi connectivity index (χ3n) is 9.31. The second-order valence-electron chi connectivity index (χ2n) is 18.8. The van der Waals surface area contributed by atoms with Crippen molar-refractivity contribution in [2.45, 2.75) is 68.7 Å². The molecule has 6 aromatic carbocycles. The van der Waals surface area contributed by atoms with Crippen LogP contribution in [-0.2, 0) is 28.4 Å². The SMILES string of the molecule is CC(C)(C)C.CC(C)C.CCC.O=C1OC(=O)c2ccccc21.O=C1OC(=O)c2ccccc21.O=C1OC(=O)c2ccccc21.O=C1OC(=O)c2ccccc21.O=C1OC(=O)c2ccccc21.O=C1OC(=O)c2ccccc21. The molecule has 78 heavy (non-hydrogen) atoms. The first kappa shape index (κ1) is 60.7. The van der Waals surface area contributed by atoms with Gasteiger partial charge in [-0.05, 0) is 84.1 Å². The Bertz CT molecular complexity index is 2550. The summed E-state index contributed by atoms with van der Waals surface area (Å²) in [5, 5.41) is 0. The molecule has 0 atom stereocenters. The summed E-state index contributed by atoms with van der Waals surface area (Å²) in [5.74, 6) is -5.77. The van der Waals surface area contributed by atoms with Crippen molar-refractivity contribution >= 4 is 71.6 Å². The molecule has 0 saturated carbocycles. The quantitative estimate of drug-likeness (QED) is 0.0777. The highest BCUT2D eigenvalue weighted by molar-refractivity contribution is 6.17. The predicted molar refractivity (Wildman–Crippen MR) is 279 cm³/mol. The number of benzene rings is 6. The third-order valence-corrected chi connectivity index (χ3v) is 9.31. The van der Waals surface area contributed by atoms with Crippen molar-refractivity contribution in [3.63, 3.8) is 0 Å². The Labute approximate surface area is 448 Å². The molecule has 402 valence electrons. The van der Waals surface area contributed by atoms with Gasteiger partial charge in [0.25, 0.3) is 0 Å². The predicted octanol–water partition coefficient (Wildman–Crippen LogP) is 11.1. The number of esters is 12. The Morgan fingerprint density at radius 3 is 0.385 bits per heavy atom. The van der Waals surface area contributed by atoms with Crippen LogP contribution < -0.4 is 0 Å². The van der Waals surface area contributed by atoms with Gasteiger partial charge in [-0.15, -0.1) is 0 Å². The topological polar surface area (TPSA) is 260 Å². The van der Waals surface area contributed by atoms with Crippen molar-refractivity contribution in [1.29, 1.82) is 0 Å². The Balaban J connectivity index is 0.000000194. The highest BCUT2D eigenvalue weighted by Crippen LogP contribution is 2.23. The maximum Gasteiger partial charge on any atom is 0.346 e. The molecule has 0 aliphatic carbocycles. The number of hydrogen-bond donors (Lipinski definition) is 0. The molecule has 18 nitrogen and oxygen atoms in total. The fourth-order valence-corrected chi connectivity index (χ4v) is 6.20. The van der Waals surface area contributed by atoms with E-state index in [0.29, 0.717) is 72.2 Å². The Morgan fingerprint density at radius 1 is 0.256 bits per heavy atom. The van der Waals surface area contributed by atoms with Gasteiger partial charge < -0.3 is 28.4 Å². The van der Waals surface area contributed by atoms with Crippen LogP contribution in [0.5, 0.6) is 0 Å². The van der Waals surface area contributed by atoms with Crippen molar-refractivity contribution in [2.75, 3.05) is 0 Å². The van der Waals surface area contributed by atoms with Gasteiger partial charge in [-0.2, -0.15) is 0 Å². The fraction of sp³-hybridized carbons (Fsp3) is 0.200. The van der Waals surface area contributed by atoms with E-state index in [9.17, 15) is 57.5 Å². The minimum absolute atomic E-state index is 0.359. The van der Waals surface area contributed by atoms with Crippen LogP contribution >= 0.6 is 0 Å². The van der Waals surface area contributed by atoms with Crippen LogP contribution in [0.1, 0.15) is 193 Å². The smallest absolute Gasteiger partial charge is 0.346 e. The Morgan fingerprint density at radius 2 is 0.321 bits per heavy atom. The first-order chi connectivity index (χ1) is 36.9. The van der Waals surface area contributed by atoms with Crippen LogP contribution in [0.25, 0.3) is 0 Å². The summed E-state index contributed by atoms with van der Waals surface area (Å²) < 4.78 is 26.1. The van der Waals surface area contributed by atoms with Crippen LogP contribution in [0.15, 0.2) is 146 Å². The summed E-state index contributed by atoms with van der Waals surface area (Å²) in [5.41, 5.74) is 4.81. The molecule has 0 N–H and O–H groups in total. The molecule has 0 fully saturated rings. The summed E-state index contributed by atoms with van der Waals surface area (Å²) in [6.45, 7) is 19.5. The lowest BCUT2D eigenvalue weighted by Gasteiger charge is -2.05. The summed E-state index contributed by atoms with van der Waals surface area (Å²) in [6.07, 6.45) is 1.25. The van der Waals surface area contributed by atoms with Crippen LogP contribution in [0.3, 0.4) is 0 Å². The van der Waals surface area contributed by atoms with Crippen LogP contribution in [0.4, 0.5) is 0 Å². The van der Waals surface area contributed by atoms with Crippen molar-refractivity contribution < 1.29 is 86.0 Å². The zero-order chi connectivity index (χ0) is 57.9. The van der Waals surface area contributed by atoms with Gasteiger partial charge >= 0.3 is 71.6 Å². The van der Waals surface area contributed by atoms with Crippen molar-refractivity contribution in [1.82, 2.24) is 0 Å². The molecular weight excluding hydrogens is 1010 g/mol. The van der Waals surface area contributed by atoms with Gasteiger partial charge in [-0.25, -0.2) is 57.5 Å². The summed E-state index contributed by atoms with van der Waals surface area (Å²) >= 11 is 0. The number of carbonyl (C=O) groups is 12. The number of cyclic esters (lactones) is 12. The van der Waals surface area contributed by atoms with Crippen molar-refractivity contribution in [3.05, 3.63) is 212 Å². The Kier molecular flexibility index (Phi) is 21.9. The monoisotopic (exact) mass is 1060 g/mol. The van der Waals surface area contributed by atoms with Gasteiger partial charge in [0.15, 0.2) is 0 Å². The molecule has 0 unspecified atom stereocenters. The summed E-state index contributed by atoms with van der Waals surface area (Å²) in [7, 11) is 0. The summed E-state index contributed by atoms with van der Waals surface area (Å²) in [4.78, 5) is 130. The van der Waals surface area contributed by atoms with Gasteiger partial charge in [0.05, 0.1) is 66.8 Å². The van der Waals surface area contributed by atoms with E-state index in [1.165, 1.54) is 6.42 Å². The van der Waals surface area contributed by atoms with Gasteiger partial charge in [-0.3, -0.25) is 0 Å². The summed E-state index contributed by atoms with van der Waals surface area (Å²) in [6, 6.07) is 39.2. The zero-order valence-corrected chi connectivity index (χ0v) is 44.0. The molecular formula is C60H54O18. The standard InChI is InChI=1S/6C8H4O3.C5H12.C4H10.C3H8/c6*9-7-5-3-1-2-4-6(5)8(10)11-7;1-5(2,3)4;1-4(2)3;1-3-2/h6*1-4H;1-4H3;4H,1-3H3;3H2,1-2H3. The molecule has 0 saturated heterocycles. The molecule has 0 spiro atoms. The van der Waals surface area contributed by atoms with Crippen LogP contribution in [0, 0.1) is 11.3 Å². The average Bonchev–Trinajstić information content (AvgIpc) is 4.21. The first-order valence-electron chi connectivity index (χ1n) is 24.0. The highest BCUT2D eigenvalue weighted by Gasteiger charge is 2.32. The lowest BCUT2D eigenvalue weighted by molar-refractivity contribution is 0.0425. The van der Waals surface area contributed by atoms with E-state index in [4.69, 9.17) is 0 Å². The molecule has 0 bridgehead atoms. The molecule has 6 aliphatic heterocycles. The Hall–Kier alpha value is -9.84. The average molecular weight is 1060 g/mol. The van der Waals surface area contributed by atoms with Gasteiger partial charge in [0.2, 0.25) is 0 Å². The van der Waals surface area contributed by atoms with E-state index in [0.717, 1.165) is 5.92 Å². The van der Waals surface area contributed by atoms with E-state index in [1.54, 1.807) is 146 Å².